The molecule has 8 aliphatic rings. The van der Waals surface area contributed by atoms with E-state index in [-0.39, 0.29) is 35.7 Å². The minimum atomic E-state index is -5.10. The first-order chi connectivity index (χ1) is 32.1. The molecule has 4 aliphatic heterocycles. The van der Waals surface area contributed by atoms with Gasteiger partial charge in [-0.05, 0) is 101 Å². The second-order valence-corrected chi connectivity index (χ2v) is 23.6. The molecule has 4 saturated heterocycles. The number of fused-ring (bicyclic) bond motifs is 4. The van der Waals surface area contributed by atoms with Gasteiger partial charge in [-0.25, -0.2) is 4.18 Å². The Morgan fingerprint density at radius 3 is 2.17 bits per heavy atom. The smallest absolute Gasteiger partial charge is 0.397 e. The van der Waals surface area contributed by atoms with E-state index < -0.39 is 137 Å². The fourth-order valence-electron chi connectivity index (χ4n) is 14.6. The maximum Gasteiger partial charge on any atom is 0.397 e. The van der Waals surface area contributed by atoms with Gasteiger partial charge in [-0.1, -0.05) is 44.9 Å². The number of carbonyl (C=O) groups excluding carboxylic acids is 2. The van der Waals surface area contributed by atoms with E-state index in [9.17, 15) is 53.2 Å². The molecule has 21 heteroatoms. The van der Waals surface area contributed by atoms with Crippen LogP contribution in [0.1, 0.15) is 113 Å². The van der Waals surface area contributed by atoms with Crippen molar-refractivity contribution >= 4 is 22.3 Å². The van der Waals surface area contributed by atoms with Gasteiger partial charge in [-0.15, -0.1) is 6.58 Å². The van der Waals surface area contributed by atoms with Crippen molar-refractivity contribution in [2.24, 2.45) is 39.4 Å². The minimum Gasteiger partial charge on any atom is -0.462 e. The van der Waals surface area contributed by atoms with Gasteiger partial charge in [0.2, 0.25) is 0 Å². The van der Waals surface area contributed by atoms with Crippen LogP contribution in [0.3, 0.4) is 0 Å². The quantitative estimate of drug-likeness (QED) is 0.0790. The van der Waals surface area contributed by atoms with Gasteiger partial charge in [0, 0.05) is 12.3 Å². The number of aliphatic hydroxyl groups excluding tert-OH is 6. The summed E-state index contributed by atoms with van der Waals surface area (Å²) in [5.41, 5.74) is -0.958. The molecule has 22 atom stereocenters. The van der Waals surface area contributed by atoms with Gasteiger partial charge in [-0.2, -0.15) is 8.42 Å². The average molecular weight is 1000 g/mol. The number of aliphatic hydroxyl groups is 6. The first kappa shape index (κ1) is 53.1. The van der Waals surface area contributed by atoms with Crippen molar-refractivity contribution in [2.45, 2.75) is 211 Å². The summed E-state index contributed by atoms with van der Waals surface area (Å²) in [6.45, 7) is 18.7. The van der Waals surface area contributed by atoms with E-state index in [0.29, 0.717) is 38.5 Å². The lowest BCUT2D eigenvalue weighted by Gasteiger charge is -2.64. The highest BCUT2D eigenvalue weighted by Crippen LogP contribution is 2.76. The molecule has 4 aliphatic carbocycles. The minimum absolute atomic E-state index is 0.0236. The molecule has 1 spiro atoms. The summed E-state index contributed by atoms with van der Waals surface area (Å²) in [5.74, 6) is -0.844. The van der Waals surface area contributed by atoms with Crippen LogP contribution in [0.2, 0.25) is 0 Å². The second-order valence-electron chi connectivity index (χ2n) is 22.6. The van der Waals surface area contributed by atoms with Crippen molar-refractivity contribution in [1.29, 1.82) is 0 Å². The van der Waals surface area contributed by atoms with Gasteiger partial charge < -0.3 is 68.5 Å². The van der Waals surface area contributed by atoms with E-state index >= 15 is 0 Å². The lowest BCUT2D eigenvalue weighted by atomic mass is 9.41. The largest absolute Gasteiger partial charge is 0.462 e. The Balaban J connectivity index is 1.02. The van der Waals surface area contributed by atoms with E-state index in [0.717, 1.165) is 24.8 Å². The van der Waals surface area contributed by atoms with Crippen LogP contribution in [0.15, 0.2) is 23.8 Å². The normalized spacial score (nSPS) is 49.4. The summed E-state index contributed by atoms with van der Waals surface area (Å²) in [6.07, 6.45) is -13.5. The maximum absolute atomic E-state index is 14.6. The van der Waals surface area contributed by atoms with Crippen LogP contribution in [0.25, 0.3) is 0 Å². The SMILES string of the molecule is C=C(C)CCCC1(C)OC(=O)C23CCC4C(=CCC5C(C)(C)C(OC6OCC(OS(=O)(=O)O)C(O)C6OC6OC(C)C(OC7OCC(O)C(O)C7O)C(O)C6O)CCC45C)C2(C)CC(OC(C)=O)C13. The van der Waals surface area contributed by atoms with Crippen LogP contribution in [-0.4, -0.2) is 166 Å². The molecule has 22 unspecified atom stereocenters. The number of hydrogen-bond acceptors (Lipinski definition) is 19. The third-order valence-electron chi connectivity index (χ3n) is 17.9. The Bertz CT molecular complexity index is 2100. The summed E-state index contributed by atoms with van der Waals surface area (Å²) in [7, 11) is -5.10. The molecule has 0 aromatic heterocycles. The second kappa shape index (κ2) is 18.9. The van der Waals surface area contributed by atoms with Crippen LogP contribution in [0, 0.1) is 39.4 Å². The molecule has 7 fully saturated rings. The third-order valence-corrected chi connectivity index (χ3v) is 18.4. The number of ether oxygens (including phenoxy) is 8. The number of rotatable bonds is 13. The van der Waals surface area contributed by atoms with Gasteiger partial charge >= 0.3 is 22.3 Å². The molecular weight excluding hydrogens is 929 g/mol. The molecular formula is C48H74O20S. The monoisotopic (exact) mass is 1000 g/mol. The number of hydrogen-bond donors (Lipinski definition) is 7. The van der Waals surface area contributed by atoms with Crippen molar-refractivity contribution < 1.29 is 95.3 Å². The van der Waals surface area contributed by atoms with Crippen molar-refractivity contribution in [3.05, 3.63) is 23.8 Å². The molecule has 0 amide bonds. The lowest BCUT2D eigenvalue weighted by molar-refractivity contribution is -0.375. The standard InChI is InChI=1S/C48H74O20S/c1-22(2)11-10-16-47(9)39-28(63-24(4)49)19-46(8)26-12-13-30-44(5,6)31(15-17-45(30,7)25(26)14-18-48(39,46)43(56)67-47)64-42-38(33(52)29(21-61-42)68-69(57,58)59)66-41-36(55)34(53)37(23(3)62-41)65-40-35(54)32(51)27(50)20-60-40/h12,23,25,27-42,50-55H,1,10-11,13-21H2,2-9H3,(H,57,58,59). The van der Waals surface area contributed by atoms with Crippen LogP contribution >= 0.6 is 0 Å². The highest BCUT2D eigenvalue weighted by molar-refractivity contribution is 7.80. The molecule has 0 bridgehead atoms. The first-order valence-corrected chi connectivity index (χ1v) is 25.8. The van der Waals surface area contributed by atoms with E-state index in [1.807, 2.05) is 13.8 Å². The highest BCUT2D eigenvalue weighted by atomic mass is 32.3. The van der Waals surface area contributed by atoms with Crippen LogP contribution in [0.4, 0.5) is 0 Å². The number of esters is 2. The summed E-state index contributed by atoms with van der Waals surface area (Å²) in [6, 6.07) is 0. The van der Waals surface area contributed by atoms with Gasteiger partial charge in [0.25, 0.3) is 0 Å². The Labute approximate surface area is 403 Å². The van der Waals surface area contributed by atoms with E-state index in [1.54, 1.807) is 0 Å². The molecule has 4 heterocycles. The van der Waals surface area contributed by atoms with Crippen LogP contribution in [-0.2, 0) is 62.1 Å². The fourth-order valence-corrected chi connectivity index (χ4v) is 15.1. The Kier molecular flexibility index (Phi) is 14.6. The maximum atomic E-state index is 14.6. The highest BCUT2D eigenvalue weighted by Gasteiger charge is 2.79. The van der Waals surface area contributed by atoms with Crippen LogP contribution < -0.4 is 0 Å². The molecule has 392 valence electrons. The fraction of sp³-hybridized carbons (Fsp3) is 0.875. The topological polar surface area (TPSA) is 293 Å². The van der Waals surface area contributed by atoms with Gasteiger partial charge in [0.05, 0.1) is 36.8 Å². The van der Waals surface area contributed by atoms with Gasteiger partial charge in [0.1, 0.15) is 66.6 Å². The molecule has 0 radical (unpaired) electrons. The predicted molar refractivity (Wildman–Crippen MR) is 238 cm³/mol. The van der Waals surface area contributed by atoms with Crippen molar-refractivity contribution in [1.82, 2.24) is 0 Å². The summed E-state index contributed by atoms with van der Waals surface area (Å²) in [4.78, 5) is 27.3. The zero-order valence-corrected chi connectivity index (χ0v) is 41.6. The molecule has 20 nitrogen and oxygen atoms in total. The van der Waals surface area contributed by atoms with E-state index in [2.05, 4.69) is 40.3 Å². The van der Waals surface area contributed by atoms with E-state index in [4.69, 9.17) is 42.1 Å². The van der Waals surface area contributed by atoms with Gasteiger partial charge in [-0.3, -0.25) is 14.1 Å². The molecule has 0 aromatic carbocycles. The summed E-state index contributed by atoms with van der Waals surface area (Å²) >= 11 is 0. The van der Waals surface area contributed by atoms with Crippen molar-refractivity contribution in [2.75, 3.05) is 13.2 Å². The first-order valence-electron chi connectivity index (χ1n) is 24.4. The number of cyclic esters (lactones) is 1. The number of carbonyl (C=O) groups is 2. The van der Waals surface area contributed by atoms with E-state index in [1.165, 1.54) is 19.4 Å². The molecule has 3 saturated carbocycles. The summed E-state index contributed by atoms with van der Waals surface area (Å²) in [5, 5.41) is 64.7. The Hall–Kier alpha value is -2.19. The predicted octanol–water partition coefficient (Wildman–Crippen LogP) is 2.14. The van der Waals surface area contributed by atoms with Crippen molar-refractivity contribution in [3.63, 3.8) is 0 Å². The molecule has 69 heavy (non-hydrogen) atoms. The zero-order valence-electron chi connectivity index (χ0n) is 40.8. The average Bonchev–Trinajstić information content (AvgIpc) is 3.65. The van der Waals surface area contributed by atoms with Crippen LogP contribution in [0.5, 0.6) is 0 Å². The lowest BCUT2D eigenvalue weighted by Crippen LogP contribution is -2.65. The van der Waals surface area contributed by atoms with Gasteiger partial charge in [0.15, 0.2) is 18.9 Å². The summed E-state index contributed by atoms with van der Waals surface area (Å²) < 4.78 is 86.6. The Morgan fingerprint density at radius 2 is 1.51 bits per heavy atom. The Morgan fingerprint density at radius 1 is 0.841 bits per heavy atom. The van der Waals surface area contributed by atoms with Crippen molar-refractivity contribution in [3.8, 4) is 0 Å². The molecule has 0 aromatic rings. The molecule has 7 N–H and O–H groups in total. The molecule has 8 rings (SSSR count). The zero-order chi connectivity index (χ0) is 50.6. The number of allylic oxidation sites excluding steroid dienone is 3. The third kappa shape index (κ3) is 9.08.